The average molecular weight is 312 g/mol. The van der Waals surface area contributed by atoms with Crippen molar-refractivity contribution in [2.24, 2.45) is 0 Å². The SMILES string of the molecule is COc1cc2c(cc1OC)CC(NC(=O)CCCCl)CC2. The van der Waals surface area contributed by atoms with E-state index in [1.807, 2.05) is 12.1 Å². The molecule has 0 aliphatic heterocycles. The summed E-state index contributed by atoms with van der Waals surface area (Å²) < 4.78 is 10.7. The minimum absolute atomic E-state index is 0.0876. The van der Waals surface area contributed by atoms with Gasteiger partial charge in [0, 0.05) is 18.3 Å². The predicted molar refractivity (Wildman–Crippen MR) is 83.5 cm³/mol. The van der Waals surface area contributed by atoms with Gasteiger partial charge in [0.25, 0.3) is 0 Å². The molecule has 1 aromatic rings. The number of fused-ring (bicyclic) bond motifs is 1. The molecule has 1 aliphatic carbocycles. The Hall–Kier alpha value is -1.42. The van der Waals surface area contributed by atoms with Gasteiger partial charge in [0.05, 0.1) is 14.2 Å². The summed E-state index contributed by atoms with van der Waals surface area (Å²) in [5.74, 6) is 2.12. The van der Waals surface area contributed by atoms with E-state index < -0.39 is 0 Å². The van der Waals surface area contributed by atoms with E-state index in [9.17, 15) is 4.79 Å². The zero-order chi connectivity index (χ0) is 15.2. The molecule has 1 aliphatic rings. The number of alkyl halides is 1. The summed E-state index contributed by atoms with van der Waals surface area (Å²) in [6.45, 7) is 0. The highest BCUT2D eigenvalue weighted by molar-refractivity contribution is 6.17. The number of methoxy groups -OCH3 is 2. The molecule has 116 valence electrons. The molecule has 1 aromatic carbocycles. The Bertz CT molecular complexity index is 505. The number of benzene rings is 1. The summed E-state index contributed by atoms with van der Waals surface area (Å²) >= 11 is 5.61. The summed E-state index contributed by atoms with van der Waals surface area (Å²) in [6, 6.07) is 4.25. The number of carbonyl (C=O) groups is 1. The number of ether oxygens (including phenoxy) is 2. The van der Waals surface area contributed by atoms with E-state index in [1.54, 1.807) is 14.2 Å². The third-order valence-corrected chi connectivity index (χ3v) is 4.10. The molecular formula is C16H22ClNO3. The first-order chi connectivity index (χ1) is 10.2. The highest BCUT2D eigenvalue weighted by atomic mass is 35.5. The molecular weight excluding hydrogens is 290 g/mol. The van der Waals surface area contributed by atoms with Crippen molar-refractivity contribution < 1.29 is 14.3 Å². The highest BCUT2D eigenvalue weighted by Crippen LogP contribution is 2.34. The van der Waals surface area contributed by atoms with Gasteiger partial charge in [0.15, 0.2) is 11.5 Å². The quantitative estimate of drug-likeness (QED) is 0.822. The molecule has 0 saturated carbocycles. The van der Waals surface area contributed by atoms with Crippen molar-refractivity contribution in [1.29, 1.82) is 0 Å². The van der Waals surface area contributed by atoms with Gasteiger partial charge in [-0.25, -0.2) is 0 Å². The topological polar surface area (TPSA) is 47.6 Å². The Balaban J connectivity index is 2.04. The molecule has 1 atom stereocenters. The smallest absolute Gasteiger partial charge is 0.220 e. The zero-order valence-electron chi connectivity index (χ0n) is 12.6. The van der Waals surface area contributed by atoms with Gasteiger partial charge >= 0.3 is 0 Å². The second-order valence-electron chi connectivity index (χ2n) is 5.28. The molecule has 1 amide bonds. The van der Waals surface area contributed by atoms with Gasteiger partial charge in [0.2, 0.25) is 5.91 Å². The molecule has 0 radical (unpaired) electrons. The number of halogens is 1. The van der Waals surface area contributed by atoms with Crippen LogP contribution in [0.2, 0.25) is 0 Å². The van der Waals surface area contributed by atoms with Gasteiger partial charge in [-0.05, 0) is 48.9 Å². The molecule has 0 spiro atoms. The van der Waals surface area contributed by atoms with Crippen molar-refractivity contribution in [3.05, 3.63) is 23.3 Å². The fourth-order valence-electron chi connectivity index (χ4n) is 2.73. The van der Waals surface area contributed by atoms with Crippen LogP contribution in [-0.4, -0.2) is 32.0 Å². The molecule has 0 aromatic heterocycles. The van der Waals surface area contributed by atoms with Gasteiger partial charge in [0.1, 0.15) is 0 Å². The number of rotatable bonds is 6. The number of hydrogen-bond donors (Lipinski definition) is 1. The van der Waals surface area contributed by atoms with E-state index in [0.29, 0.717) is 12.3 Å². The van der Waals surface area contributed by atoms with Crippen LogP contribution < -0.4 is 14.8 Å². The van der Waals surface area contributed by atoms with Crippen LogP contribution in [0.3, 0.4) is 0 Å². The fraction of sp³-hybridized carbons (Fsp3) is 0.562. The lowest BCUT2D eigenvalue weighted by atomic mass is 9.87. The monoisotopic (exact) mass is 311 g/mol. The van der Waals surface area contributed by atoms with E-state index in [2.05, 4.69) is 5.32 Å². The minimum Gasteiger partial charge on any atom is -0.493 e. The molecule has 0 fully saturated rings. The lowest BCUT2D eigenvalue weighted by molar-refractivity contribution is -0.121. The molecule has 0 heterocycles. The largest absolute Gasteiger partial charge is 0.493 e. The standard InChI is InChI=1S/C16H22ClNO3/c1-20-14-9-11-5-6-13(18-16(19)4-3-7-17)8-12(11)10-15(14)21-2/h9-10,13H,3-8H2,1-2H3,(H,18,19). The van der Waals surface area contributed by atoms with Crippen LogP contribution >= 0.6 is 11.6 Å². The Morgan fingerprint density at radius 1 is 1.29 bits per heavy atom. The molecule has 0 bridgehead atoms. The van der Waals surface area contributed by atoms with Crippen LogP contribution in [0.15, 0.2) is 12.1 Å². The lowest BCUT2D eigenvalue weighted by Crippen LogP contribution is -2.38. The van der Waals surface area contributed by atoms with Crippen molar-refractivity contribution >= 4 is 17.5 Å². The van der Waals surface area contributed by atoms with E-state index in [-0.39, 0.29) is 11.9 Å². The maximum Gasteiger partial charge on any atom is 0.220 e. The second-order valence-corrected chi connectivity index (χ2v) is 5.65. The van der Waals surface area contributed by atoms with Gasteiger partial charge in [-0.2, -0.15) is 0 Å². The normalized spacial score (nSPS) is 17.0. The summed E-state index contributed by atoms with van der Waals surface area (Å²) in [6.07, 6.45) is 3.95. The molecule has 1 unspecified atom stereocenters. The van der Waals surface area contributed by atoms with Crippen molar-refractivity contribution in [1.82, 2.24) is 5.32 Å². The highest BCUT2D eigenvalue weighted by Gasteiger charge is 2.22. The third kappa shape index (κ3) is 4.03. The summed E-state index contributed by atoms with van der Waals surface area (Å²) in [5, 5.41) is 3.09. The van der Waals surface area contributed by atoms with Gasteiger partial charge < -0.3 is 14.8 Å². The van der Waals surface area contributed by atoms with Gasteiger partial charge in [-0.15, -0.1) is 11.6 Å². The van der Waals surface area contributed by atoms with Crippen molar-refractivity contribution in [3.63, 3.8) is 0 Å². The Labute approximate surface area is 130 Å². The second kappa shape index (κ2) is 7.55. The Morgan fingerprint density at radius 2 is 1.95 bits per heavy atom. The van der Waals surface area contributed by atoms with Crippen molar-refractivity contribution in [3.8, 4) is 11.5 Å². The summed E-state index contributed by atoms with van der Waals surface area (Å²) in [4.78, 5) is 11.8. The third-order valence-electron chi connectivity index (χ3n) is 3.84. The van der Waals surface area contributed by atoms with Crippen LogP contribution in [-0.2, 0) is 17.6 Å². The maximum absolute atomic E-state index is 11.8. The number of carbonyl (C=O) groups excluding carboxylic acids is 1. The summed E-state index contributed by atoms with van der Waals surface area (Å²) in [5.41, 5.74) is 2.50. The van der Waals surface area contributed by atoms with E-state index in [4.69, 9.17) is 21.1 Å². The molecule has 4 nitrogen and oxygen atoms in total. The number of hydrogen-bond acceptors (Lipinski definition) is 3. The van der Waals surface area contributed by atoms with Crippen molar-refractivity contribution in [2.75, 3.05) is 20.1 Å². The van der Waals surface area contributed by atoms with Crippen LogP contribution in [0, 0.1) is 0 Å². The molecule has 21 heavy (non-hydrogen) atoms. The van der Waals surface area contributed by atoms with Crippen LogP contribution in [0.4, 0.5) is 0 Å². The van der Waals surface area contributed by atoms with E-state index in [0.717, 1.165) is 37.2 Å². The Kier molecular flexibility index (Phi) is 5.74. The van der Waals surface area contributed by atoms with Gasteiger partial charge in [-0.1, -0.05) is 0 Å². The molecule has 5 heteroatoms. The van der Waals surface area contributed by atoms with E-state index >= 15 is 0 Å². The molecule has 1 N–H and O–H groups in total. The lowest BCUT2D eigenvalue weighted by Gasteiger charge is -2.26. The van der Waals surface area contributed by atoms with Crippen LogP contribution in [0.1, 0.15) is 30.4 Å². The maximum atomic E-state index is 11.8. The molecule has 2 rings (SSSR count). The first kappa shape index (κ1) is 16.0. The number of aryl methyl sites for hydroxylation is 1. The van der Waals surface area contributed by atoms with Crippen molar-refractivity contribution in [2.45, 2.75) is 38.1 Å². The van der Waals surface area contributed by atoms with Gasteiger partial charge in [-0.3, -0.25) is 4.79 Å². The van der Waals surface area contributed by atoms with E-state index in [1.165, 1.54) is 11.1 Å². The number of amides is 1. The molecule has 0 saturated heterocycles. The fourth-order valence-corrected chi connectivity index (χ4v) is 2.87. The summed E-state index contributed by atoms with van der Waals surface area (Å²) in [7, 11) is 3.28. The number of nitrogens with one attached hydrogen (secondary N) is 1. The van der Waals surface area contributed by atoms with Crippen LogP contribution in [0.5, 0.6) is 11.5 Å². The first-order valence-corrected chi connectivity index (χ1v) is 7.80. The van der Waals surface area contributed by atoms with Crippen LogP contribution in [0.25, 0.3) is 0 Å². The first-order valence-electron chi connectivity index (χ1n) is 7.27. The zero-order valence-corrected chi connectivity index (χ0v) is 13.3. The minimum atomic E-state index is 0.0876. The Morgan fingerprint density at radius 3 is 2.57 bits per heavy atom. The average Bonchev–Trinajstić information content (AvgIpc) is 2.51. The predicted octanol–water partition coefficient (Wildman–Crippen LogP) is 2.70.